The number of halogens is 2. The maximum Gasteiger partial charge on any atom is 0.251 e. The normalized spacial score (nSPS) is 27.2. The molecule has 2 aliphatic rings. The number of hydrogen-bond donors (Lipinski definition) is 4. The number of rotatable bonds is 3. The largest absolute Gasteiger partial charge is 0.356 e. The van der Waals surface area contributed by atoms with Gasteiger partial charge in [0, 0.05) is 18.0 Å². The number of fused-ring (bicyclic) bond motifs is 1. The highest BCUT2D eigenvalue weighted by molar-refractivity contribution is 6.42. The number of hydrogen-bond acceptors (Lipinski definition) is 5. The van der Waals surface area contributed by atoms with Gasteiger partial charge in [-0.1, -0.05) is 56.8 Å². The number of carbonyl (C=O) groups is 4. The van der Waals surface area contributed by atoms with Crippen molar-refractivity contribution in [2.45, 2.75) is 77.4 Å². The maximum atomic E-state index is 13.4. The molecule has 4 N–H and O–H groups in total. The van der Waals surface area contributed by atoms with Crippen molar-refractivity contribution in [3.63, 3.8) is 0 Å². The summed E-state index contributed by atoms with van der Waals surface area (Å²) in [5, 5.41) is 21.4. The van der Waals surface area contributed by atoms with E-state index < -0.39 is 35.8 Å². The fourth-order valence-electron chi connectivity index (χ4n) is 4.99. The van der Waals surface area contributed by atoms with Gasteiger partial charge in [0.1, 0.15) is 18.1 Å². The molecule has 0 bridgehead atoms. The zero-order valence-electron chi connectivity index (χ0n) is 21.9. The molecule has 11 heteroatoms. The average Bonchev–Trinajstić information content (AvgIpc) is 3.18. The molecule has 2 fully saturated rings. The van der Waals surface area contributed by atoms with Crippen molar-refractivity contribution in [2.24, 2.45) is 17.3 Å². The number of carbonyl (C=O) groups excluding carboxylic acids is 4. The molecule has 2 saturated heterocycles. The summed E-state index contributed by atoms with van der Waals surface area (Å²) in [4.78, 5) is 52.2. The summed E-state index contributed by atoms with van der Waals surface area (Å²) in [6, 6.07) is 3.86. The molecule has 0 aliphatic carbocycles. The van der Waals surface area contributed by atoms with Crippen LogP contribution in [-0.2, 0) is 14.4 Å². The van der Waals surface area contributed by atoms with E-state index in [1.165, 1.54) is 18.2 Å². The Balaban J connectivity index is 1.86. The van der Waals surface area contributed by atoms with Crippen LogP contribution in [-0.4, -0.2) is 48.3 Å². The van der Waals surface area contributed by atoms with Gasteiger partial charge in [-0.25, -0.2) is 0 Å². The van der Waals surface area contributed by atoms with Crippen LogP contribution in [0.2, 0.25) is 10.0 Å². The molecule has 3 rings (SSSR count). The SMILES string of the molecule is CC(C)(C)C[C@@H]1NC(=O)[C@@H](NC(=O)c2ccc(Cl)c(Cl)c2)CCCC[C@H]2CNC(=O)[C@H]2C[C@@H](C#N)NC1=O. The molecule has 1 aromatic carbocycles. The van der Waals surface area contributed by atoms with Crippen LogP contribution in [0.3, 0.4) is 0 Å². The third-order valence-corrected chi connectivity index (χ3v) is 7.72. The van der Waals surface area contributed by atoms with E-state index >= 15 is 0 Å². The van der Waals surface area contributed by atoms with Crippen molar-refractivity contribution >= 4 is 46.8 Å². The molecule has 38 heavy (non-hydrogen) atoms. The fraction of sp³-hybridized carbons (Fsp3) is 0.593. The number of benzene rings is 1. The number of amides is 4. The van der Waals surface area contributed by atoms with Crippen molar-refractivity contribution < 1.29 is 19.2 Å². The van der Waals surface area contributed by atoms with Gasteiger partial charge < -0.3 is 21.3 Å². The van der Waals surface area contributed by atoms with E-state index in [4.69, 9.17) is 23.2 Å². The van der Waals surface area contributed by atoms with Gasteiger partial charge in [0.25, 0.3) is 5.91 Å². The lowest BCUT2D eigenvalue weighted by molar-refractivity contribution is -0.131. The topological polar surface area (TPSA) is 140 Å². The minimum Gasteiger partial charge on any atom is -0.356 e. The highest BCUT2D eigenvalue weighted by Gasteiger charge is 2.38. The lowest BCUT2D eigenvalue weighted by Crippen LogP contribution is -2.56. The Morgan fingerprint density at radius 3 is 2.42 bits per heavy atom. The standard InChI is InChI=1S/C27H35Cl2N5O4/c1-27(2,3)12-22-26(38)32-17(13-30)11-18-16(14-31-24(18)36)6-4-5-7-21(25(37)34-22)33-23(35)15-8-9-19(28)20(29)10-15/h8-10,16-18,21-22H,4-7,11-12,14H2,1-3H3,(H,31,36)(H,32,38)(H,33,35)(H,34,37)/t16-,17-,18-,21-,22-/m0/s1. The van der Waals surface area contributed by atoms with Crippen molar-refractivity contribution in [1.82, 2.24) is 21.3 Å². The highest BCUT2D eigenvalue weighted by Crippen LogP contribution is 2.29. The van der Waals surface area contributed by atoms with Crippen LogP contribution in [0.4, 0.5) is 0 Å². The molecule has 5 atom stereocenters. The minimum atomic E-state index is -0.932. The van der Waals surface area contributed by atoms with Crippen LogP contribution in [0, 0.1) is 28.6 Å². The number of nitrogens with one attached hydrogen (secondary N) is 4. The Labute approximate surface area is 233 Å². The van der Waals surface area contributed by atoms with Crippen LogP contribution in [0.15, 0.2) is 18.2 Å². The molecule has 0 spiro atoms. The van der Waals surface area contributed by atoms with Crippen LogP contribution in [0.25, 0.3) is 0 Å². The van der Waals surface area contributed by atoms with E-state index in [0.29, 0.717) is 30.8 Å². The average molecular weight is 565 g/mol. The number of nitriles is 1. The fourth-order valence-corrected chi connectivity index (χ4v) is 5.29. The monoisotopic (exact) mass is 563 g/mol. The summed E-state index contributed by atoms with van der Waals surface area (Å²) in [6.07, 6.45) is 2.95. The van der Waals surface area contributed by atoms with E-state index in [9.17, 15) is 24.4 Å². The van der Waals surface area contributed by atoms with E-state index in [1.54, 1.807) is 0 Å². The zero-order chi connectivity index (χ0) is 28.0. The van der Waals surface area contributed by atoms with Gasteiger partial charge in [0.2, 0.25) is 17.7 Å². The van der Waals surface area contributed by atoms with Gasteiger partial charge in [-0.15, -0.1) is 0 Å². The third kappa shape index (κ3) is 8.08. The van der Waals surface area contributed by atoms with Crippen LogP contribution in [0.1, 0.15) is 69.7 Å². The smallest absolute Gasteiger partial charge is 0.251 e. The summed E-state index contributed by atoms with van der Waals surface area (Å²) in [7, 11) is 0. The molecular weight excluding hydrogens is 529 g/mol. The molecule has 206 valence electrons. The lowest BCUT2D eigenvalue weighted by atomic mass is 9.85. The Morgan fingerprint density at radius 2 is 1.76 bits per heavy atom. The van der Waals surface area contributed by atoms with E-state index in [2.05, 4.69) is 27.3 Å². The Morgan fingerprint density at radius 1 is 1.05 bits per heavy atom. The second kappa shape index (κ2) is 12.8. The van der Waals surface area contributed by atoms with Crippen LogP contribution < -0.4 is 21.3 Å². The zero-order valence-corrected chi connectivity index (χ0v) is 23.4. The van der Waals surface area contributed by atoms with E-state index in [1.807, 2.05) is 20.8 Å². The van der Waals surface area contributed by atoms with E-state index in [0.717, 1.165) is 12.8 Å². The first-order chi connectivity index (χ1) is 17.9. The van der Waals surface area contributed by atoms with Gasteiger partial charge in [0.05, 0.1) is 16.1 Å². The summed E-state index contributed by atoms with van der Waals surface area (Å²) in [5.41, 5.74) is -0.0659. The Kier molecular flexibility index (Phi) is 10.0. The molecule has 2 aliphatic heterocycles. The molecule has 2 heterocycles. The Hall–Kier alpha value is -2.83. The summed E-state index contributed by atoms with van der Waals surface area (Å²) < 4.78 is 0. The van der Waals surface area contributed by atoms with Gasteiger partial charge in [-0.2, -0.15) is 5.26 Å². The minimum absolute atomic E-state index is 0.0293. The maximum absolute atomic E-state index is 13.4. The first-order valence-corrected chi connectivity index (χ1v) is 13.7. The highest BCUT2D eigenvalue weighted by atomic mass is 35.5. The van der Waals surface area contributed by atoms with Crippen molar-refractivity contribution in [3.8, 4) is 6.07 Å². The second-order valence-electron chi connectivity index (χ2n) is 11.3. The second-order valence-corrected chi connectivity index (χ2v) is 12.1. The van der Waals surface area contributed by atoms with Gasteiger partial charge in [-0.3, -0.25) is 19.2 Å². The van der Waals surface area contributed by atoms with Crippen LogP contribution >= 0.6 is 23.2 Å². The van der Waals surface area contributed by atoms with Gasteiger partial charge >= 0.3 is 0 Å². The predicted octanol–water partition coefficient (Wildman–Crippen LogP) is 3.35. The third-order valence-electron chi connectivity index (χ3n) is 6.98. The molecular formula is C27H35Cl2N5O4. The van der Waals surface area contributed by atoms with Crippen LogP contribution in [0.5, 0.6) is 0 Å². The quantitative estimate of drug-likeness (QED) is 0.446. The predicted molar refractivity (Wildman–Crippen MR) is 144 cm³/mol. The molecule has 0 radical (unpaired) electrons. The number of nitrogens with zero attached hydrogens (tertiary/aromatic N) is 1. The molecule has 0 aromatic heterocycles. The van der Waals surface area contributed by atoms with Crippen molar-refractivity contribution in [2.75, 3.05) is 6.54 Å². The molecule has 4 amide bonds. The Bertz CT molecular complexity index is 1110. The summed E-state index contributed by atoms with van der Waals surface area (Å²) in [5.74, 6) is -1.92. The lowest BCUT2D eigenvalue weighted by Gasteiger charge is -2.29. The molecule has 0 unspecified atom stereocenters. The molecule has 1 aromatic rings. The summed E-state index contributed by atoms with van der Waals surface area (Å²) in [6.45, 7) is 6.34. The van der Waals surface area contributed by atoms with E-state index in [-0.39, 0.29) is 40.2 Å². The van der Waals surface area contributed by atoms with Crippen molar-refractivity contribution in [1.29, 1.82) is 5.26 Å². The van der Waals surface area contributed by atoms with Gasteiger partial charge in [0.15, 0.2) is 0 Å². The first kappa shape index (κ1) is 29.7. The van der Waals surface area contributed by atoms with Gasteiger partial charge in [-0.05, 0) is 55.2 Å². The first-order valence-electron chi connectivity index (χ1n) is 12.9. The van der Waals surface area contributed by atoms with Crippen molar-refractivity contribution in [3.05, 3.63) is 33.8 Å². The summed E-state index contributed by atoms with van der Waals surface area (Å²) >= 11 is 12.0. The molecule has 9 nitrogen and oxygen atoms in total. The molecule has 0 saturated carbocycles.